The van der Waals surface area contributed by atoms with Crippen LogP contribution in [0.3, 0.4) is 0 Å². The van der Waals surface area contributed by atoms with Crippen molar-refractivity contribution in [1.29, 1.82) is 0 Å². The van der Waals surface area contributed by atoms with Gasteiger partial charge in [-0.15, -0.1) is 11.8 Å². The first-order valence-electron chi connectivity index (χ1n) is 3.66. The van der Waals surface area contributed by atoms with Crippen LogP contribution in [0, 0.1) is 0 Å². The van der Waals surface area contributed by atoms with Crippen LogP contribution >= 0.6 is 11.8 Å². The minimum absolute atomic E-state index is 0.391. The van der Waals surface area contributed by atoms with Crippen molar-refractivity contribution < 1.29 is 4.74 Å². The Labute approximate surface area is 70.8 Å². The molecule has 1 saturated heterocycles. The number of epoxide rings is 1. The van der Waals surface area contributed by atoms with Gasteiger partial charge in [-0.2, -0.15) is 0 Å². The smallest absolute Gasteiger partial charge is 0.106 e. The fourth-order valence-corrected chi connectivity index (χ4v) is 1.55. The second kappa shape index (κ2) is 2.88. The van der Waals surface area contributed by atoms with Crippen LogP contribution in [-0.4, -0.2) is 12.9 Å². The van der Waals surface area contributed by atoms with Crippen molar-refractivity contribution in [3.05, 3.63) is 29.8 Å². The zero-order chi connectivity index (χ0) is 7.68. The Morgan fingerprint density at radius 1 is 1.55 bits per heavy atom. The van der Waals surface area contributed by atoms with Crippen molar-refractivity contribution in [3.8, 4) is 0 Å². The van der Waals surface area contributed by atoms with Gasteiger partial charge in [0.25, 0.3) is 0 Å². The topological polar surface area (TPSA) is 12.5 Å². The summed E-state index contributed by atoms with van der Waals surface area (Å²) in [5, 5.41) is 0. The van der Waals surface area contributed by atoms with Gasteiger partial charge in [-0.25, -0.2) is 0 Å². The largest absolute Gasteiger partial charge is 0.368 e. The van der Waals surface area contributed by atoms with Crippen molar-refractivity contribution in [3.63, 3.8) is 0 Å². The zero-order valence-corrected chi connectivity index (χ0v) is 7.23. The molecule has 1 heterocycles. The van der Waals surface area contributed by atoms with E-state index in [2.05, 4.69) is 30.5 Å². The fraction of sp³-hybridized carbons (Fsp3) is 0.333. The molecular formula is C9H10OS. The molecule has 0 radical (unpaired) electrons. The highest BCUT2D eigenvalue weighted by molar-refractivity contribution is 7.98. The lowest BCUT2D eigenvalue weighted by molar-refractivity contribution is 0.415. The second-order valence-electron chi connectivity index (χ2n) is 2.60. The van der Waals surface area contributed by atoms with Gasteiger partial charge in [0.2, 0.25) is 0 Å². The van der Waals surface area contributed by atoms with Crippen LogP contribution in [0.2, 0.25) is 0 Å². The van der Waals surface area contributed by atoms with E-state index in [1.807, 2.05) is 0 Å². The molecule has 1 aliphatic heterocycles. The fourth-order valence-electron chi connectivity index (χ4n) is 1.08. The molecule has 0 bridgehead atoms. The van der Waals surface area contributed by atoms with Gasteiger partial charge in [0.1, 0.15) is 6.10 Å². The van der Waals surface area contributed by atoms with E-state index in [-0.39, 0.29) is 0 Å². The van der Waals surface area contributed by atoms with Crippen molar-refractivity contribution in [2.24, 2.45) is 0 Å². The second-order valence-corrected chi connectivity index (χ2v) is 3.48. The molecule has 1 fully saturated rings. The molecule has 2 rings (SSSR count). The molecule has 0 aliphatic carbocycles. The Morgan fingerprint density at radius 2 is 2.36 bits per heavy atom. The Kier molecular flexibility index (Phi) is 1.88. The van der Waals surface area contributed by atoms with E-state index >= 15 is 0 Å². The monoisotopic (exact) mass is 166 g/mol. The van der Waals surface area contributed by atoms with Gasteiger partial charge in [0.05, 0.1) is 6.61 Å². The molecule has 1 aromatic rings. The van der Waals surface area contributed by atoms with Crippen LogP contribution in [-0.2, 0) is 4.74 Å². The Hall–Kier alpha value is -0.470. The van der Waals surface area contributed by atoms with Gasteiger partial charge in [-0.1, -0.05) is 12.1 Å². The predicted molar refractivity (Wildman–Crippen MR) is 46.9 cm³/mol. The molecule has 0 N–H and O–H groups in total. The Bertz CT molecular complexity index is 255. The maximum Gasteiger partial charge on any atom is 0.106 e. The maximum absolute atomic E-state index is 5.18. The molecule has 1 atom stereocenters. The summed E-state index contributed by atoms with van der Waals surface area (Å²) in [4.78, 5) is 1.32. The van der Waals surface area contributed by atoms with Gasteiger partial charge in [0, 0.05) is 4.90 Å². The lowest BCUT2D eigenvalue weighted by Gasteiger charge is -1.98. The van der Waals surface area contributed by atoms with Gasteiger partial charge in [-0.3, -0.25) is 0 Å². The quantitative estimate of drug-likeness (QED) is 0.494. The molecule has 1 aromatic carbocycles. The SMILES string of the molecule is CSc1cccc(C2CO2)c1. The van der Waals surface area contributed by atoms with E-state index in [1.165, 1.54) is 10.5 Å². The zero-order valence-electron chi connectivity index (χ0n) is 6.41. The van der Waals surface area contributed by atoms with Crippen LogP contribution in [0.15, 0.2) is 29.2 Å². The third-order valence-electron chi connectivity index (χ3n) is 1.80. The minimum atomic E-state index is 0.391. The molecule has 1 nitrogen and oxygen atoms in total. The van der Waals surface area contributed by atoms with Gasteiger partial charge in [-0.05, 0) is 24.0 Å². The van der Waals surface area contributed by atoms with E-state index in [0.717, 1.165) is 6.61 Å². The summed E-state index contributed by atoms with van der Waals surface area (Å²) in [5.41, 5.74) is 1.32. The molecule has 58 valence electrons. The molecule has 0 aromatic heterocycles. The highest BCUT2D eigenvalue weighted by atomic mass is 32.2. The van der Waals surface area contributed by atoms with Crippen LogP contribution in [0.5, 0.6) is 0 Å². The molecule has 0 saturated carbocycles. The normalized spacial score (nSPS) is 21.7. The minimum Gasteiger partial charge on any atom is -0.368 e. The van der Waals surface area contributed by atoms with E-state index in [4.69, 9.17) is 4.74 Å². The number of rotatable bonds is 2. The first kappa shape index (κ1) is 7.19. The van der Waals surface area contributed by atoms with Crippen LogP contribution in [0.25, 0.3) is 0 Å². The lowest BCUT2D eigenvalue weighted by atomic mass is 10.2. The van der Waals surface area contributed by atoms with Crippen molar-refractivity contribution in [2.45, 2.75) is 11.0 Å². The number of hydrogen-bond acceptors (Lipinski definition) is 2. The molecular weight excluding hydrogens is 156 g/mol. The molecule has 0 amide bonds. The van der Waals surface area contributed by atoms with Crippen LogP contribution < -0.4 is 0 Å². The number of ether oxygens (including phenoxy) is 1. The summed E-state index contributed by atoms with van der Waals surface area (Å²) >= 11 is 1.77. The molecule has 2 heteroatoms. The molecule has 0 spiro atoms. The summed E-state index contributed by atoms with van der Waals surface area (Å²) in [6.07, 6.45) is 2.48. The summed E-state index contributed by atoms with van der Waals surface area (Å²) in [7, 11) is 0. The Morgan fingerprint density at radius 3 is 3.00 bits per heavy atom. The maximum atomic E-state index is 5.18. The highest BCUT2D eigenvalue weighted by Crippen LogP contribution is 2.31. The first-order chi connectivity index (χ1) is 5.40. The number of thioether (sulfide) groups is 1. The lowest BCUT2D eigenvalue weighted by Crippen LogP contribution is -1.79. The molecule has 11 heavy (non-hydrogen) atoms. The Balaban J connectivity index is 2.26. The van der Waals surface area contributed by atoms with Gasteiger partial charge in [0.15, 0.2) is 0 Å². The van der Waals surface area contributed by atoms with E-state index in [9.17, 15) is 0 Å². The average molecular weight is 166 g/mol. The predicted octanol–water partition coefficient (Wildman–Crippen LogP) is 2.48. The van der Waals surface area contributed by atoms with Crippen LogP contribution in [0.4, 0.5) is 0 Å². The van der Waals surface area contributed by atoms with Crippen molar-refractivity contribution in [2.75, 3.05) is 12.9 Å². The third kappa shape index (κ3) is 1.57. The summed E-state index contributed by atoms with van der Waals surface area (Å²) in [6, 6.07) is 8.53. The number of benzene rings is 1. The summed E-state index contributed by atoms with van der Waals surface area (Å²) < 4.78 is 5.18. The summed E-state index contributed by atoms with van der Waals surface area (Å²) in [5.74, 6) is 0. The molecule has 1 aliphatic rings. The van der Waals surface area contributed by atoms with Crippen LogP contribution in [0.1, 0.15) is 11.7 Å². The standard InChI is InChI=1S/C9H10OS/c1-11-8-4-2-3-7(5-8)9-6-10-9/h2-5,9H,6H2,1H3. The van der Waals surface area contributed by atoms with E-state index in [0.29, 0.717) is 6.10 Å². The van der Waals surface area contributed by atoms with Gasteiger partial charge < -0.3 is 4.74 Å². The molecule has 1 unspecified atom stereocenters. The van der Waals surface area contributed by atoms with Crippen molar-refractivity contribution >= 4 is 11.8 Å². The van der Waals surface area contributed by atoms with E-state index < -0.39 is 0 Å². The van der Waals surface area contributed by atoms with E-state index in [1.54, 1.807) is 11.8 Å². The number of hydrogen-bond donors (Lipinski definition) is 0. The highest BCUT2D eigenvalue weighted by Gasteiger charge is 2.24. The summed E-state index contributed by atoms with van der Waals surface area (Å²) in [6.45, 7) is 0.901. The first-order valence-corrected chi connectivity index (χ1v) is 4.88. The third-order valence-corrected chi connectivity index (χ3v) is 2.52. The average Bonchev–Trinajstić information content (AvgIpc) is 2.87. The van der Waals surface area contributed by atoms with Crippen molar-refractivity contribution in [1.82, 2.24) is 0 Å². The van der Waals surface area contributed by atoms with Gasteiger partial charge >= 0.3 is 0 Å².